The van der Waals surface area contributed by atoms with Crippen LogP contribution in [0.2, 0.25) is 0 Å². The Labute approximate surface area is 144 Å². The molecule has 2 heterocycles. The predicted octanol–water partition coefficient (Wildman–Crippen LogP) is 3.63. The lowest BCUT2D eigenvalue weighted by atomic mass is 10.0. The number of nitrogens with zero attached hydrogens (tertiary/aromatic N) is 3. The molecule has 0 amide bonds. The summed E-state index contributed by atoms with van der Waals surface area (Å²) in [6.45, 7) is 2.78. The van der Waals surface area contributed by atoms with Crippen molar-refractivity contribution in [3.63, 3.8) is 0 Å². The van der Waals surface area contributed by atoms with Gasteiger partial charge in [-0.05, 0) is 44.0 Å². The van der Waals surface area contributed by atoms with E-state index < -0.39 is 0 Å². The van der Waals surface area contributed by atoms with Crippen LogP contribution in [0, 0.1) is 5.82 Å². The van der Waals surface area contributed by atoms with E-state index in [1.807, 2.05) is 6.92 Å². The van der Waals surface area contributed by atoms with E-state index in [0.717, 1.165) is 24.5 Å². The Hall–Kier alpha value is -1.86. The number of hydrogen-bond acceptors (Lipinski definition) is 6. The monoisotopic (exact) mass is 349 g/mol. The molecule has 0 N–H and O–H groups in total. The van der Waals surface area contributed by atoms with Gasteiger partial charge in [0.15, 0.2) is 11.6 Å². The van der Waals surface area contributed by atoms with Crippen molar-refractivity contribution in [1.29, 1.82) is 0 Å². The van der Waals surface area contributed by atoms with E-state index in [0.29, 0.717) is 17.8 Å². The number of halogens is 1. The predicted molar refractivity (Wildman–Crippen MR) is 91.0 cm³/mol. The summed E-state index contributed by atoms with van der Waals surface area (Å²) < 4.78 is 22.6. The molecule has 2 unspecified atom stereocenters. The number of methoxy groups -OCH3 is 1. The van der Waals surface area contributed by atoms with Crippen molar-refractivity contribution in [3.8, 4) is 0 Å². The lowest BCUT2D eigenvalue weighted by Crippen LogP contribution is -2.31. The lowest BCUT2D eigenvalue weighted by Gasteiger charge is -2.23. The van der Waals surface area contributed by atoms with Gasteiger partial charge in [-0.25, -0.2) is 9.37 Å². The van der Waals surface area contributed by atoms with Crippen molar-refractivity contribution in [3.05, 3.63) is 41.5 Å². The number of aromatic nitrogens is 2. The summed E-state index contributed by atoms with van der Waals surface area (Å²) in [4.78, 5) is 19.2. The van der Waals surface area contributed by atoms with Crippen LogP contribution in [0.5, 0.6) is 0 Å². The zero-order chi connectivity index (χ0) is 17.1. The highest BCUT2D eigenvalue weighted by Gasteiger charge is 2.30. The molecular weight excluding hydrogens is 329 g/mol. The van der Waals surface area contributed by atoms with Crippen LogP contribution in [0.1, 0.15) is 48.5 Å². The number of benzene rings is 1. The minimum absolute atomic E-state index is 0.0295. The van der Waals surface area contributed by atoms with E-state index in [9.17, 15) is 9.18 Å². The van der Waals surface area contributed by atoms with Crippen LogP contribution < -0.4 is 4.90 Å². The van der Waals surface area contributed by atoms with E-state index in [1.165, 1.54) is 23.7 Å². The molecular formula is C17H20FN3O2S. The van der Waals surface area contributed by atoms with E-state index >= 15 is 0 Å². The maximum Gasteiger partial charge on any atom is 0.205 e. The van der Waals surface area contributed by atoms with Gasteiger partial charge in [-0.2, -0.15) is 4.37 Å². The van der Waals surface area contributed by atoms with Gasteiger partial charge in [-0.3, -0.25) is 4.79 Å². The number of rotatable bonds is 6. The number of ether oxygens (including phenoxy) is 1. The molecule has 0 aliphatic carbocycles. The first-order valence-electron chi connectivity index (χ1n) is 8.00. The van der Waals surface area contributed by atoms with E-state index in [4.69, 9.17) is 4.74 Å². The molecule has 128 valence electrons. The first kappa shape index (κ1) is 17.0. The van der Waals surface area contributed by atoms with Crippen LogP contribution in [0.3, 0.4) is 0 Å². The van der Waals surface area contributed by atoms with Crippen LogP contribution >= 0.6 is 11.5 Å². The Balaban J connectivity index is 1.70. The number of carbonyl (C=O) groups is 1. The van der Waals surface area contributed by atoms with Gasteiger partial charge in [0.1, 0.15) is 11.9 Å². The Kier molecular flexibility index (Phi) is 5.20. The van der Waals surface area contributed by atoms with Crippen LogP contribution in [-0.2, 0) is 4.74 Å². The molecule has 2 atom stereocenters. The molecule has 7 heteroatoms. The Morgan fingerprint density at radius 2 is 2.21 bits per heavy atom. The maximum absolute atomic E-state index is 13.0. The number of ketones is 1. The number of Topliss-reactive ketones (excluding diaryl/α,β-unsaturated/α-hetero) is 1. The second-order valence-corrected chi connectivity index (χ2v) is 6.67. The number of anilines is 1. The molecule has 1 aromatic carbocycles. The van der Waals surface area contributed by atoms with E-state index in [-0.39, 0.29) is 23.7 Å². The number of hydrogen-bond donors (Lipinski definition) is 0. The second kappa shape index (κ2) is 7.36. The minimum atomic E-state index is -0.331. The molecule has 0 bridgehead atoms. The minimum Gasteiger partial charge on any atom is -0.374 e. The topological polar surface area (TPSA) is 55.3 Å². The molecule has 1 saturated heterocycles. The summed E-state index contributed by atoms with van der Waals surface area (Å²) in [6, 6.07) is 5.84. The fourth-order valence-electron chi connectivity index (χ4n) is 2.88. The molecule has 0 radical (unpaired) electrons. The van der Waals surface area contributed by atoms with Crippen molar-refractivity contribution >= 4 is 22.4 Å². The highest BCUT2D eigenvalue weighted by Crippen LogP contribution is 2.30. The molecule has 1 fully saturated rings. The third-order valence-electron chi connectivity index (χ3n) is 4.36. The molecule has 0 saturated carbocycles. The van der Waals surface area contributed by atoms with Crippen molar-refractivity contribution in [1.82, 2.24) is 9.36 Å². The Morgan fingerprint density at radius 1 is 1.46 bits per heavy atom. The zero-order valence-corrected chi connectivity index (χ0v) is 14.6. The summed E-state index contributed by atoms with van der Waals surface area (Å²) in [5, 5.41) is 0.836. The third kappa shape index (κ3) is 3.62. The van der Waals surface area contributed by atoms with E-state index in [1.54, 1.807) is 19.2 Å². The summed E-state index contributed by atoms with van der Waals surface area (Å²) in [7, 11) is 1.63. The van der Waals surface area contributed by atoms with Crippen molar-refractivity contribution in [2.75, 3.05) is 18.6 Å². The van der Waals surface area contributed by atoms with Gasteiger partial charge in [0, 0.05) is 43.2 Å². The summed E-state index contributed by atoms with van der Waals surface area (Å²) >= 11 is 1.34. The van der Waals surface area contributed by atoms with E-state index in [2.05, 4.69) is 14.3 Å². The summed E-state index contributed by atoms with van der Waals surface area (Å²) in [6.07, 6.45) is 2.23. The highest BCUT2D eigenvalue weighted by atomic mass is 32.1. The fraction of sp³-hybridized carbons (Fsp3) is 0.471. The molecule has 3 rings (SSSR count). The molecule has 2 aromatic rings. The van der Waals surface area contributed by atoms with Gasteiger partial charge in [-0.1, -0.05) is 0 Å². The van der Waals surface area contributed by atoms with Gasteiger partial charge in [0.05, 0.1) is 0 Å². The largest absolute Gasteiger partial charge is 0.374 e. The van der Waals surface area contributed by atoms with Crippen LogP contribution in [0.4, 0.5) is 9.52 Å². The van der Waals surface area contributed by atoms with Gasteiger partial charge >= 0.3 is 0 Å². The molecule has 5 nitrogen and oxygen atoms in total. The SMILES string of the molecule is COC(C)c1nsc(N2CCCC2CC(=O)c2ccc(F)cc2)n1. The summed E-state index contributed by atoms with van der Waals surface area (Å²) in [5.74, 6) is 0.373. The highest BCUT2D eigenvalue weighted by molar-refractivity contribution is 7.09. The first-order valence-corrected chi connectivity index (χ1v) is 8.77. The average molecular weight is 349 g/mol. The maximum atomic E-state index is 13.0. The zero-order valence-electron chi connectivity index (χ0n) is 13.7. The van der Waals surface area contributed by atoms with Crippen LogP contribution in [-0.4, -0.2) is 34.8 Å². The van der Waals surface area contributed by atoms with Crippen molar-refractivity contribution in [2.45, 2.75) is 38.3 Å². The van der Waals surface area contributed by atoms with Gasteiger partial charge < -0.3 is 9.64 Å². The molecule has 1 aromatic heterocycles. The van der Waals surface area contributed by atoms with Crippen LogP contribution in [0.15, 0.2) is 24.3 Å². The fourth-order valence-corrected chi connectivity index (χ4v) is 3.73. The Morgan fingerprint density at radius 3 is 2.92 bits per heavy atom. The van der Waals surface area contributed by atoms with Crippen LogP contribution in [0.25, 0.3) is 0 Å². The lowest BCUT2D eigenvalue weighted by molar-refractivity contribution is 0.0974. The van der Waals surface area contributed by atoms with Gasteiger partial charge in [-0.15, -0.1) is 0 Å². The summed E-state index contributed by atoms with van der Waals surface area (Å²) in [5.41, 5.74) is 0.550. The second-order valence-electron chi connectivity index (χ2n) is 5.94. The Bertz CT molecular complexity index is 704. The normalized spacial score (nSPS) is 18.8. The number of carbonyl (C=O) groups excluding carboxylic acids is 1. The third-order valence-corrected chi connectivity index (χ3v) is 5.13. The first-order chi connectivity index (χ1) is 11.6. The van der Waals surface area contributed by atoms with Gasteiger partial charge in [0.2, 0.25) is 5.13 Å². The molecule has 0 spiro atoms. The molecule has 1 aliphatic heterocycles. The molecule has 24 heavy (non-hydrogen) atoms. The van der Waals surface area contributed by atoms with Crippen molar-refractivity contribution in [2.24, 2.45) is 0 Å². The smallest absolute Gasteiger partial charge is 0.205 e. The standard InChI is InChI=1S/C17H20FN3O2S/c1-11(23-2)16-19-17(24-20-16)21-9-3-4-14(21)10-15(22)12-5-7-13(18)8-6-12/h5-8,11,14H,3-4,9-10H2,1-2H3. The quantitative estimate of drug-likeness (QED) is 0.746. The van der Waals surface area contributed by atoms with Crippen molar-refractivity contribution < 1.29 is 13.9 Å². The van der Waals surface area contributed by atoms with Gasteiger partial charge in [0.25, 0.3) is 0 Å². The molecule has 1 aliphatic rings. The average Bonchev–Trinajstić information content (AvgIpc) is 3.23.